The molecule has 1 aliphatic rings. The SMILES string of the molecule is Clc1ccccc1[C@H]1Nc2ccccc2-c2nnc(SCc3ccccc3)nc2O1. The van der Waals surface area contributed by atoms with Crippen LogP contribution in [0.2, 0.25) is 5.02 Å². The smallest absolute Gasteiger partial charge is 0.247 e. The highest BCUT2D eigenvalue weighted by Crippen LogP contribution is 2.40. The third-order valence-corrected chi connectivity index (χ3v) is 5.99. The molecule has 4 aromatic rings. The Bertz CT molecular complexity index is 1190. The maximum absolute atomic E-state index is 6.44. The molecule has 0 saturated heterocycles. The van der Waals surface area contributed by atoms with Gasteiger partial charge in [0.05, 0.1) is 0 Å². The Hall–Kier alpha value is -3.09. The number of nitrogens with one attached hydrogen (secondary N) is 1. The van der Waals surface area contributed by atoms with E-state index in [1.54, 1.807) is 0 Å². The number of nitrogens with zero attached hydrogens (tertiary/aromatic N) is 3. The summed E-state index contributed by atoms with van der Waals surface area (Å²) in [7, 11) is 0. The molecular formula is C23H17ClN4OS. The Labute approximate surface area is 183 Å². The van der Waals surface area contributed by atoms with Crippen LogP contribution in [0.25, 0.3) is 11.3 Å². The quantitative estimate of drug-likeness (QED) is 0.400. The van der Waals surface area contributed by atoms with Gasteiger partial charge in [-0.1, -0.05) is 90.1 Å². The van der Waals surface area contributed by atoms with Gasteiger partial charge in [-0.15, -0.1) is 10.2 Å². The van der Waals surface area contributed by atoms with Crippen LogP contribution in [-0.2, 0) is 5.75 Å². The number of thioether (sulfide) groups is 1. The zero-order valence-corrected chi connectivity index (χ0v) is 17.4. The van der Waals surface area contributed by atoms with E-state index in [0.717, 1.165) is 22.6 Å². The fraction of sp³-hybridized carbons (Fsp3) is 0.0870. The highest BCUT2D eigenvalue weighted by atomic mass is 35.5. The van der Waals surface area contributed by atoms with Gasteiger partial charge in [0.25, 0.3) is 0 Å². The lowest BCUT2D eigenvalue weighted by Crippen LogP contribution is -2.17. The fourth-order valence-corrected chi connectivity index (χ4v) is 4.23. The first-order chi connectivity index (χ1) is 14.8. The fourth-order valence-electron chi connectivity index (χ4n) is 3.26. The molecule has 0 saturated carbocycles. The summed E-state index contributed by atoms with van der Waals surface area (Å²) in [5.41, 5.74) is 4.42. The molecule has 0 radical (unpaired) electrons. The Balaban J connectivity index is 1.52. The van der Waals surface area contributed by atoms with Gasteiger partial charge >= 0.3 is 0 Å². The van der Waals surface area contributed by atoms with Gasteiger partial charge in [0.2, 0.25) is 11.0 Å². The van der Waals surface area contributed by atoms with Crippen LogP contribution in [0.15, 0.2) is 84.0 Å². The third kappa shape index (κ3) is 3.84. The van der Waals surface area contributed by atoms with Crippen LogP contribution < -0.4 is 10.1 Å². The maximum atomic E-state index is 6.44. The van der Waals surface area contributed by atoms with Crippen molar-refractivity contribution in [2.24, 2.45) is 0 Å². The van der Waals surface area contributed by atoms with Crippen molar-refractivity contribution in [1.29, 1.82) is 0 Å². The lowest BCUT2D eigenvalue weighted by Gasteiger charge is -2.20. The second kappa shape index (κ2) is 8.34. The Morgan fingerprint density at radius 2 is 1.67 bits per heavy atom. The summed E-state index contributed by atoms with van der Waals surface area (Å²) in [6.45, 7) is 0. The van der Waals surface area contributed by atoms with Gasteiger partial charge in [-0.2, -0.15) is 4.98 Å². The van der Waals surface area contributed by atoms with Crippen LogP contribution in [0.1, 0.15) is 17.4 Å². The van der Waals surface area contributed by atoms with Gasteiger partial charge in [0.1, 0.15) is 0 Å². The molecule has 1 aliphatic heterocycles. The number of ether oxygens (including phenoxy) is 1. The molecule has 1 N–H and O–H groups in total. The molecule has 0 aliphatic carbocycles. The van der Waals surface area contributed by atoms with E-state index in [2.05, 4.69) is 32.6 Å². The molecular weight excluding hydrogens is 416 g/mol. The number of halogens is 1. The lowest BCUT2D eigenvalue weighted by atomic mass is 10.1. The van der Waals surface area contributed by atoms with E-state index in [4.69, 9.17) is 16.3 Å². The molecule has 148 valence electrons. The standard InChI is InChI=1S/C23H17ClN4OS/c24-18-12-6-4-10-16(18)21-25-19-13-7-5-11-17(19)20-22(29-21)26-23(28-27-20)30-14-15-8-2-1-3-9-15/h1-13,21,25H,14H2/t21-/m0/s1. The van der Waals surface area contributed by atoms with Gasteiger partial charge in [-0.05, 0) is 17.7 Å². The normalized spacial score (nSPS) is 14.6. The Kier molecular flexibility index (Phi) is 5.26. The Morgan fingerprint density at radius 1 is 0.900 bits per heavy atom. The number of hydrogen-bond donors (Lipinski definition) is 1. The summed E-state index contributed by atoms with van der Waals surface area (Å²) < 4.78 is 6.28. The van der Waals surface area contributed by atoms with Crippen molar-refractivity contribution in [3.8, 4) is 17.1 Å². The number of hydrogen-bond acceptors (Lipinski definition) is 6. The van der Waals surface area contributed by atoms with Crippen molar-refractivity contribution in [3.05, 3.63) is 95.0 Å². The van der Waals surface area contributed by atoms with Crippen LogP contribution in [0, 0.1) is 0 Å². The van der Waals surface area contributed by atoms with Gasteiger partial charge in [-0.25, -0.2) is 0 Å². The maximum Gasteiger partial charge on any atom is 0.247 e. The minimum Gasteiger partial charge on any atom is -0.448 e. The van der Waals surface area contributed by atoms with Gasteiger partial charge in [0, 0.05) is 27.6 Å². The monoisotopic (exact) mass is 432 g/mol. The second-order valence-electron chi connectivity index (χ2n) is 6.73. The van der Waals surface area contributed by atoms with E-state index in [-0.39, 0.29) is 0 Å². The van der Waals surface area contributed by atoms with Crippen molar-refractivity contribution in [3.63, 3.8) is 0 Å². The summed E-state index contributed by atoms with van der Waals surface area (Å²) in [5, 5.41) is 13.4. The molecule has 0 fully saturated rings. The molecule has 0 bridgehead atoms. The first kappa shape index (κ1) is 18.9. The van der Waals surface area contributed by atoms with Crippen LogP contribution in [0.4, 0.5) is 5.69 Å². The molecule has 2 heterocycles. The number of rotatable bonds is 4. The van der Waals surface area contributed by atoms with Gasteiger partial charge < -0.3 is 10.1 Å². The molecule has 5 rings (SSSR count). The van der Waals surface area contributed by atoms with E-state index < -0.39 is 6.23 Å². The molecule has 5 nitrogen and oxygen atoms in total. The number of anilines is 1. The molecule has 0 unspecified atom stereocenters. The third-order valence-electron chi connectivity index (χ3n) is 4.73. The van der Waals surface area contributed by atoms with Crippen LogP contribution in [0.5, 0.6) is 5.88 Å². The number of para-hydroxylation sites is 1. The highest BCUT2D eigenvalue weighted by Gasteiger charge is 2.27. The molecule has 30 heavy (non-hydrogen) atoms. The van der Waals surface area contributed by atoms with Crippen molar-refractivity contribution in [2.45, 2.75) is 17.1 Å². The van der Waals surface area contributed by atoms with E-state index in [1.165, 1.54) is 17.3 Å². The first-order valence-corrected chi connectivity index (χ1v) is 10.8. The molecule has 0 spiro atoms. The van der Waals surface area contributed by atoms with Crippen molar-refractivity contribution >= 4 is 29.1 Å². The predicted octanol–water partition coefficient (Wildman–Crippen LogP) is 5.99. The Morgan fingerprint density at radius 3 is 2.53 bits per heavy atom. The number of fused-ring (bicyclic) bond motifs is 3. The zero-order valence-electron chi connectivity index (χ0n) is 15.8. The van der Waals surface area contributed by atoms with E-state index in [9.17, 15) is 0 Å². The summed E-state index contributed by atoms with van der Waals surface area (Å²) in [6, 6.07) is 25.7. The van der Waals surface area contributed by atoms with Crippen LogP contribution in [0.3, 0.4) is 0 Å². The van der Waals surface area contributed by atoms with E-state index >= 15 is 0 Å². The van der Waals surface area contributed by atoms with Gasteiger partial charge in [-0.3, -0.25) is 0 Å². The van der Waals surface area contributed by atoms with Crippen molar-refractivity contribution in [1.82, 2.24) is 15.2 Å². The minimum absolute atomic E-state index is 0.433. The van der Waals surface area contributed by atoms with Crippen LogP contribution in [-0.4, -0.2) is 15.2 Å². The van der Waals surface area contributed by atoms with Gasteiger partial charge in [0.15, 0.2) is 11.9 Å². The topological polar surface area (TPSA) is 59.9 Å². The number of aromatic nitrogens is 3. The largest absolute Gasteiger partial charge is 0.448 e. The summed E-state index contributed by atoms with van der Waals surface area (Å²) in [4.78, 5) is 4.68. The molecule has 1 aromatic heterocycles. The average molecular weight is 433 g/mol. The average Bonchev–Trinajstić information content (AvgIpc) is 2.95. The lowest BCUT2D eigenvalue weighted by molar-refractivity contribution is 0.225. The van der Waals surface area contributed by atoms with E-state index in [0.29, 0.717) is 21.8 Å². The molecule has 0 amide bonds. The molecule has 1 atom stereocenters. The van der Waals surface area contributed by atoms with E-state index in [1.807, 2.05) is 66.7 Å². The van der Waals surface area contributed by atoms with Crippen molar-refractivity contribution < 1.29 is 4.74 Å². The first-order valence-electron chi connectivity index (χ1n) is 9.46. The number of benzene rings is 3. The summed E-state index contributed by atoms with van der Waals surface area (Å²) in [5.74, 6) is 1.19. The predicted molar refractivity (Wildman–Crippen MR) is 120 cm³/mol. The molecule has 7 heteroatoms. The highest BCUT2D eigenvalue weighted by molar-refractivity contribution is 7.98. The zero-order chi connectivity index (χ0) is 20.3. The summed E-state index contributed by atoms with van der Waals surface area (Å²) >= 11 is 7.96. The summed E-state index contributed by atoms with van der Waals surface area (Å²) in [6.07, 6.45) is -0.496. The second-order valence-corrected chi connectivity index (χ2v) is 8.08. The van der Waals surface area contributed by atoms with Crippen LogP contribution >= 0.6 is 23.4 Å². The minimum atomic E-state index is -0.496. The molecule has 3 aromatic carbocycles. The van der Waals surface area contributed by atoms with Crippen molar-refractivity contribution in [2.75, 3.05) is 5.32 Å².